The summed E-state index contributed by atoms with van der Waals surface area (Å²) in [5.41, 5.74) is 0.718. The molecule has 2 aromatic rings. The van der Waals surface area contributed by atoms with Crippen LogP contribution in [0, 0.1) is 5.92 Å². The van der Waals surface area contributed by atoms with Gasteiger partial charge in [-0.25, -0.2) is 13.4 Å². The number of piperidine rings is 1. The molecule has 1 fully saturated rings. The molecule has 1 aliphatic heterocycles. The molecule has 2 heterocycles. The predicted octanol–water partition coefficient (Wildman–Crippen LogP) is 3.54. The molecule has 138 valence electrons. The minimum atomic E-state index is -3.70. The van der Waals surface area contributed by atoms with Gasteiger partial charge in [0.2, 0.25) is 15.9 Å². The van der Waals surface area contributed by atoms with Crippen molar-refractivity contribution in [3.8, 4) is 0 Å². The van der Waals surface area contributed by atoms with E-state index < -0.39 is 10.0 Å². The van der Waals surface area contributed by atoms with E-state index in [1.54, 1.807) is 0 Å². The number of carbonyl (C=O) groups is 1. The summed E-state index contributed by atoms with van der Waals surface area (Å²) in [6, 6.07) is 10.3. The van der Waals surface area contributed by atoms with Gasteiger partial charge in [0.15, 0.2) is 0 Å². The van der Waals surface area contributed by atoms with Gasteiger partial charge in [-0.1, -0.05) is 27.5 Å². The molecule has 0 unspecified atom stereocenters. The summed E-state index contributed by atoms with van der Waals surface area (Å²) < 4.78 is 27.7. The first-order chi connectivity index (χ1) is 12.4. The number of hydrogen-bond acceptors (Lipinski definition) is 4. The van der Waals surface area contributed by atoms with Crippen LogP contribution in [0.1, 0.15) is 12.8 Å². The summed E-state index contributed by atoms with van der Waals surface area (Å²) in [6.07, 6.45) is 2.36. The van der Waals surface area contributed by atoms with E-state index in [-0.39, 0.29) is 35.0 Å². The second-order valence-corrected chi connectivity index (χ2v) is 9.15. The fourth-order valence-electron chi connectivity index (χ4n) is 2.84. The molecule has 0 spiro atoms. The quantitative estimate of drug-likeness (QED) is 0.711. The molecule has 0 saturated carbocycles. The zero-order valence-corrected chi connectivity index (χ0v) is 16.9. The third kappa shape index (κ3) is 4.25. The van der Waals surface area contributed by atoms with Crippen LogP contribution in [-0.2, 0) is 14.8 Å². The lowest BCUT2D eigenvalue weighted by Gasteiger charge is -2.30. The molecule has 1 amide bonds. The van der Waals surface area contributed by atoms with Crippen molar-refractivity contribution in [3.63, 3.8) is 0 Å². The molecular formula is C17H17BrClN3O3S. The van der Waals surface area contributed by atoms with E-state index in [4.69, 9.17) is 11.6 Å². The van der Waals surface area contributed by atoms with Crippen molar-refractivity contribution in [1.29, 1.82) is 0 Å². The Hall–Kier alpha value is -1.48. The summed E-state index contributed by atoms with van der Waals surface area (Å²) >= 11 is 9.27. The summed E-state index contributed by atoms with van der Waals surface area (Å²) in [7, 11) is -3.70. The lowest BCUT2D eigenvalue weighted by Crippen LogP contribution is -2.41. The number of carbonyl (C=O) groups excluding carboxylic acids is 1. The number of benzene rings is 1. The smallest absolute Gasteiger partial charge is 0.246 e. The number of nitrogens with zero attached hydrogens (tertiary/aromatic N) is 2. The van der Waals surface area contributed by atoms with Crippen LogP contribution in [0.2, 0.25) is 5.15 Å². The normalized spacial score (nSPS) is 16.4. The number of hydrogen-bond donors (Lipinski definition) is 1. The van der Waals surface area contributed by atoms with Crippen LogP contribution in [0.15, 0.2) is 52.0 Å². The Labute approximate surface area is 165 Å². The number of nitrogens with one attached hydrogen (secondary N) is 1. The number of anilines is 1. The highest BCUT2D eigenvalue weighted by molar-refractivity contribution is 9.10. The Morgan fingerprint density at radius 2 is 1.85 bits per heavy atom. The highest BCUT2D eigenvalue weighted by Crippen LogP contribution is 2.27. The van der Waals surface area contributed by atoms with Gasteiger partial charge in [0.05, 0.1) is 0 Å². The van der Waals surface area contributed by atoms with Gasteiger partial charge in [0.25, 0.3) is 0 Å². The average molecular weight is 459 g/mol. The lowest BCUT2D eigenvalue weighted by atomic mass is 9.97. The molecule has 1 N–H and O–H groups in total. The Morgan fingerprint density at radius 3 is 2.46 bits per heavy atom. The zero-order chi connectivity index (χ0) is 18.7. The maximum atomic E-state index is 12.7. The number of halogens is 2. The lowest BCUT2D eigenvalue weighted by molar-refractivity contribution is -0.120. The van der Waals surface area contributed by atoms with Crippen molar-refractivity contribution in [3.05, 3.63) is 52.2 Å². The van der Waals surface area contributed by atoms with Crippen LogP contribution < -0.4 is 5.32 Å². The summed E-state index contributed by atoms with van der Waals surface area (Å²) in [5, 5.41) is 2.84. The molecule has 6 nitrogen and oxygen atoms in total. The second kappa shape index (κ2) is 8.04. The molecule has 26 heavy (non-hydrogen) atoms. The first kappa shape index (κ1) is 19.3. The van der Waals surface area contributed by atoms with Gasteiger partial charge < -0.3 is 5.32 Å². The van der Waals surface area contributed by atoms with Crippen molar-refractivity contribution in [2.75, 3.05) is 18.4 Å². The van der Waals surface area contributed by atoms with E-state index in [0.29, 0.717) is 12.8 Å². The number of aromatic nitrogens is 1. The molecule has 1 aromatic heterocycles. The maximum absolute atomic E-state index is 12.7. The maximum Gasteiger partial charge on any atom is 0.246 e. The van der Waals surface area contributed by atoms with E-state index in [9.17, 15) is 13.2 Å². The fourth-order valence-corrected chi connectivity index (χ4v) is 5.00. The van der Waals surface area contributed by atoms with E-state index in [1.807, 2.05) is 24.3 Å². The molecule has 1 aromatic carbocycles. The summed E-state index contributed by atoms with van der Waals surface area (Å²) in [5.74, 6) is -0.321. The third-order valence-electron chi connectivity index (χ3n) is 4.28. The van der Waals surface area contributed by atoms with Crippen molar-refractivity contribution < 1.29 is 13.2 Å². The highest BCUT2D eigenvalue weighted by Gasteiger charge is 2.33. The van der Waals surface area contributed by atoms with Crippen LogP contribution in [0.3, 0.4) is 0 Å². The minimum Gasteiger partial charge on any atom is -0.326 e. The molecule has 1 saturated heterocycles. The van der Waals surface area contributed by atoms with E-state index in [0.717, 1.165) is 10.2 Å². The Morgan fingerprint density at radius 1 is 1.19 bits per heavy atom. The average Bonchev–Trinajstić information content (AvgIpc) is 2.64. The Bertz CT molecular complexity index is 898. The van der Waals surface area contributed by atoms with Gasteiger partial charge in [0, 0.05) is 35.4 Å². The van der Waals surface area contributed by atoms with E-state index in [2.05, 4.69) is 26.2 Å². The van der Waals surface area contributed by atoms with Gasteiger partial charge >= 0.3 is 0 Å². The van der Waals surface area contributed by atoms with Gasteiger partial charge in [0.1, 0.15) is 10.0 Å². The molecule has 0 atom stereocenters. The minimum absolute atomic E-state index is 0.000527. The van der Waals surface area contributed by atoms with Crippen LogP contribution in [0.25, 0.3) is 0 Å². The molecule has 9 heteroatoms. The van der Waals surface area contributed by atoms with Gasteiger partial charge in [-0.05, 0) is 49.2 Å². The summed E-state index contributed by atoms with van der Waals surface area (Å²) in [6.45, 7) is 0.540. The standard InChI is InChI=1S/C17H17BrClN3O3S/c18-13-3-5-14(6-4-13)21-17(23)12-7-10-22(11-8-12)26(24,25)15-2-1-9-20-16(15)19/h1-6,9,12H,7-8,10-11H2,(H,21,23). The molecule has 0 bridgehead atoms. The van der Waals surface area contributed by atoms with Crippen LogP contribution >= 0.6 is 27.5 Å². The van der Waals surface area contributed by atoms with Gasteiger partial charge in [-0.2, -0.15) is 4.31 Å². The number of rotatable bonds is 4. The number of pyridine rings is 1. The Balaban J connectivity index is 1.62. The largest absolute Gasteiger partial charge is 0.326 e. The molecule has 0 radical (unpaired) electrons. The molecule has 0 aliphatic carbocycles. The zero-order valence-electron chi connectivity index (χ0n) is 13.7. The predicted molar refractivity (Wildman–Crippen MR) is 104 cm³/mol. The van der Waals surface area contributed by atoms with Crippen molar-refractivity contribution in [2.45, 2.75) is 17.7 Å². The topological polar surface area (TPSA) is 79.4 Å². The highest BCUT2D eigenvalue weighted by atomic mass is 79.9. The first-order valence-corrected chi connectivity index (χ1v) is 10.7. The van der Waals surface area contributed by atoms with E-state index >= 15 is 0 Å². The monoisotopic (exact) mass is 457 g/mol. The van der Waals surface area contributed by atoms with E-state index in [1.165, 1.54) is 22.6 Å². The second-order valence-electron chi connectivity index (χ2n) is 5.97. The van der Waals surface area contributed by atoms with Gasteiger partial charge in [-0.3, -0.25) is 4.79 Å². The summed E-state index contributed by atoms with van der Waals surface area (Å²) in [4.78, 5) is 16.2. The van der Waals surface area contributed by atoms with Crippen LogP contribution in [-0.4, -0.2) is 36.7 Å². The Kier molecular flexibility index (Phi) is 5.96. The third-order valence-corrected chi connectivity index (χ3v) is 7.15. The molecule has 3 rings (SSSR count). The fraction of sp³-hybridized carbons (Fsp3) is 0.294. The number of amides is 1. The van der Waals surface area contributed by atoms with Crippen molar-refractivity contribution in [2.24, 2.45) is 5.92 Å². The first-order valence-electron chi connectivity index (χ1n) is 8.05. The van der Waals surface area contributed by atoms with Crippen molar-refractivity contribution in [1.82, 2.24) is 9.29 Å². The SMILES string of the molecule is O=C(Nc1ccc(Br)cc1)C1CCN(S(=O)(=O)c2cccnc2Cl)CC1. The van der Waals surface area contributed by atoms with Crippen molar-refractivity contribution >= 4 is 49.1 Å². The number of sulfonamides is 1. The molecule has 1 aliphatic rings. The van der Waals surface area contributed by atoms with Crippen LogP contribution in [0.5, 0.6) is 0 Å². The van der Waals surface area contributed by atoms with Crippen LogP contribution in [0.4, 0.5) is 5.69 Å². The van der Waals surface area contributed by atoms with Gasteiger partial charge in [-0.15, -0.1) is 0 Å². The molecular weight excluding hydrogens is 442 g/mol.